The van der Waals surface area contributed by atoms with Gasteiger partial charge in [0.15, 0.2) is 0 Å². The molecule has 0 aromatic heterocycles. The predicted octanol–water partition coefficient (Wildman–Crippen LogP) is 1.29. The molecule has 0 bridgehead atoms. The summed E-state index contributed by atoms with van der Waals surface area (Å²) in [6, 6.07) is 3.44. The van der Waals surface area contributed by atoms with Gasteiger partial charge in [-0.05, 0) is 38.2 Å². The Labute approximate surface area is 105 Å². The molecular formula is C13H18F2N2O. The van der Waals surface area contributed by atoms with Crippen molar-refractivity contribution >= 4 is 0 Å². The lowest BCUT2D eigenvalue weighted by atomic mass is 10.1. The molecule has 0 saturated carbocycles. The zero-order valence-electron chi connectivity index (χ0n) is 10.4. The third-order valence-corrected chi connectivity index (χ3v) is 3.31. The van der Waals surface area contributed by atoms with Gasteiger partial charge in [-0.15, -0.1) is 0 Å². The number of aliphatic hydroxyl groups excluding tert-OH is 1. The molecule has 1 aromatic carbocycles. The number of nitrogens with one attached hydrogen (secondary N) is 1. The number of likely N-dealkylation sites (N-methyl/N-ethyl adjacent to an activating group) is 1. The van der Waals surface area contributed by atoms with E-state index in [0.717, 1.165) is 37.7 Å². The number of aliphatic hydroxyl groups is 1. The number of likely N-dealkylation sites (tertiary alicyclic amines) is 1. The number of benzene rings is 1. The van der Waals surface area contributed by atoms with Crippen LogP contribution in [0.2, 0.25) is 0 Å². The zero-order valence-corrected chi connectivity index (χ0v) is 10.4. The van der Waals surface area contributed by atoms with Crippen LogP contribution in [-0.4, -0.2) is 42.7 Å². The van der Waals surface area contributed by atoms with E-state index in [0.29, 0.717) is 6.04 Å². The summed E-state index contributed by atoms with van der Waals surface area (Å²) in [7, 11) is 2.03. The van der Waals surface area contributed by atoms with Crippen LogP contribution in [0.5, 0.6) is 0 Å². The van der Waals surface area contributed by atoms with Crippen LogP contribution >= 0.6 is 0 Å². The third kappa shape index (κ3) is 3.25. The minimum Gasteiger partial charge on any atom is -0.387 e. The van der Waals surface area contributed by atoms with E-state index < -0.39 is 17.7 Å². The minimum absolute atomic E-state index is 0.00820. The summed E-state index contributed by atoms with van der Waals surface area (Å²) in [6.07, 6.45) is -0.0129. The Morgan fingerprint density at radius 2 is 2.28 bits per heavy atom. The van der Waals surface area contributed by atoms with E-state index in [-0.39, 0.29) is 12.1 Å². The molecule has 18 heavy (non-hydrogen) atoms. The summed E-state index contributed by atoms with van der Waals surface area (Å²) in [4.78, 5) is 2.19. The lowest BCUT2D eigenvalue weighted by Crippen LogP contribution is -2.34. The molecule has 2 rings (SSSR count). The SMILES string of the molecule is CN1CCC(NCC(O)c2cc(F)ccc2F)C1. The van der Waals surface area contributed by atoms with Gasteiger partial charge in [-0.1, -0.05) is 0 Å². The number of nitrogens with zero attached hydrogens (tertiary/aromatic N) is 1. The highest BCUT2D eigenvalue weighted by Crippen LogP contribution is 2.18. The quantitative estimate of drug-likeness (QED) is 0.852. The predicted molar refractivity (Wildman–Crippen MR) is 65.2 cm³/mol. The Morgan fingerprint density at radius 1 is 1.50 bits per heavy atom. The van der Waals surface area contributed by atoms with Crippen LogP contribution in [0.3, 0.4) is 0 Å². The Morgan fingerprint density at radius 3 is 2.94 bits per heavy atom. The van der Waals surface area contributed by atoms with Gasteiger partial charge in [0.05, 0.1) is 6.10 Å². The largest absolute Gasteiger partial charge is 0.387 e. The van der Waals surface area contributed by atoms with Crippen LogP contribution in [0.1, 0.15) is 18.1 Å². The van der Waals surface area contributed by atoms with Gasteiger partial charge in [-0.25, -0.2) is 8.78 Å². The van der Waals surface area contributed by atoms with Gasteiger partial charge in [0.1, 0.15) is 11.6 Å². The van der Waals surface area contributed by atoms with Crippen molar-refractivity contribution in [1.29, 1.82) is 0 Å². The Balaban J connectivity index is 1.91. The highest BCUT2D eigenvalue weighted by atomic mass is 19.1. The Kier molecular flexibility index (Phi) is 4.27. The first kappa shape index (κ1) is 13.4. The maximum atomic E-state index is 13.4. The maximum absolute atomic E-state index is 13.4. The highest BCUT2D eigenvalue weighted by molar-refractivity contribution is 5.21. The smallest absolute Gasteiger partial charge is 0.129 e. The standard InChI is InChI=1S/C13H18F2N2O/c1-17-5-4-10(8-17)16-7-13(18)11-6-9(14)2-3-12(11)15/h2-3,6,10,13,16,18H,4-5,7-8H2,1H3. The molecule has 0 aliphatic carbocycles. The molecule has 1 aliphatic rings. The molecule has 100 valence electrons. The average Bonchev–Trinajstić information content (AvgIpc) is 2.75. The molecule has 1 aliphatic heterocycles. The van der Waals surface area contributed by atoms with Crippen molar-refractivity contribution in [2.75, 3.05) is 26.7 Å². The third-order valence-electron chi connectivity index (χ3n) is 3.31. The van der Waals surface area contributed by atoms with Crippen molar-refractivity contribution < 1.29 is 13.9 Å². The molecule has 0 spiro atoms. The molecule has 1 fully saturated rings. The monoisotopic (exact) mass is 256 g/mol. The van der Waals surface area contributed by atoms with Gasteiger partial charge >= 0.3 is 0 Å². The Bertz CT molecular complexity index is 414. The molecule has 0 amide bonds. The number of hydrogen-bond donors (Lipinski definition) is 2. The fourth-order valence-corrected chi connectivity index (χ4v) is 2.26. The fraction of sp³-hybridized carbons (Fsp3) is 0.538. The highest BCUT2D eigenvalue weighted by Gasteiger charge is 2.21. The van der Waals surface area contributed by atoms with Crippen LogP contribution in [0.25, 0.3) is 0 Å². The van der Waals surface area contributed by atoms with Crippen LogP contribution in [-0.2, 0) is 0 Å². The molecular weight excluding hydrogens is 238 g/mol. The lowest BCUT2D eigenvalue weighted by Gasteiger charge is -2.17. The minimum atomic E-state index is -1.02. The summed E-state index contributed by atoms with van der Waals surface area (Å²) < 4.78 is 26.4. The molecule has 1 aromatic rings. The molecule has 3 nitrogen and oxygen atoms in total. The van der Waals surface area contributed by atoms with Crippen LogP contribution in [0.4, 0.5) is 8.78 Å². The summed E-state index contributed by atoms with van der Waals surface area (Å²) in [6.45, 7) is 2.17. The number of rotatable bonds is 4. The van der Waals surface area contributed by atoms with E-state index in [1.165, 1.54) is 0 Å². The van der Waals surface area contributed by atoms with Crippen LogP contribution < -0.4 is 5.32 Å². The first-order valence-electron chi connectivity index (χ1n) is 6.11. The van der Waals surface area contributed by atoms with Crippen LogP contribution in [0, 0.1) is 11.6 Å². The lowest BCUT2D eigenvalue weighted by molar-refractivity contribution is 0.165. The van der Waals surface area contributed by atoms with Gasteiger partial charge in [0.25, 0.3) is 0 Å². The second-order valence-corrected chi connectivity index (χ2v) is 4.84. The molecule has 1 heterocycles. The van der Waals surface area contributed by atoms with Gasteiger partial charge in [0.2, 0.25) is 0 Å². The van der Waals surface area contributed by atoms with Crippen molar-refractivity contribution in [3.63, 3.8) is 0 Å². The summed E-state index contributed by atoms with van der Waals surface area (Å²) >= 11 is 0. The molecule has 1 saturated heterocycles. The van der Waals surface area contributed by atoms with Gasteiger partial charge < -0.3 is 15.3 Å². The maximum Gasteiger partial charge on any atom is 0.129 e. The normalized spacial score (nSPS) is 22.3. The van der Waals surface area contributed by atoms with Gasteiger partial charge in [0, 0.05) is 24.7 Å². The number of halogens is 2. The fourth-order valence-electron chi connectivity index (χ4n) is 2.26. The van der Waals surface area contributed by atoms with Gasteiger partial charge in [-0.3, -0.25) is 0 Å². The van der Waals surface area contributed by atoms with Crippen molar-refractivity contribution in [2.45, 2.75) is 18.6 Å². The first-order valence-corrected chi connectivity index (χ1v) is 6.11. The van der Waals surface area contributed by atoms with E-state index in [4.69, 9.17) is 0 Å². The first-order chi connectivity index (χ1) is 8.56. The van der Waals surface area contributed by atoms with Crippen molar-refractivity contribution in [3.05, 3.63) is 35.4 Å². The molecule has 2 N–H and O–H groups in total. The number of hydrogen-bond acceptors (Lipinski definition) is 3. The van der Waals surface area contributed by atoms with E-state index in [9.17, 15) is 13.9 Å². The van der Waals surface area contributed by atoms with Crippen molar-refractivity contribution in [2.24, 2.45) is 0 Å². The van der Waals surface area contributed by atoms with E-state index >= 15 is 0 Å². The summed E-state index contributed by atoms with van der Waals surface area (Å²) in [5.41, 5.74) is 0.00820. The second-order valence-electron chi connectivity index (χ2n) is 4.84. The molecule has 0 radical (unpaired) electrons. The average molecular weight is 256 g/mol. The topological polar surface area (TPSA) is 35.5 Å². The molecule has 2 atom stereocenters. The van der Waals surface area contributed by atoms with E-state index in [2.05, 4.69) is 10.2 Å². The van der Waals surface area contributed by atoms with Gasteiger partial charge in [-0.2, -0.15) is 0 Å². The van der Waals surface area contributed by atoms with Crippen molar-refractivity contribution in [3.8, 4) is 0 Å². The summed E-state index contributed by atoms with van der Waals surface area (Å²) in [5.74, 6) is -1.11. The molecule has 2 unspecified atom stereocenters. The zero-order chi connectivity index (χ0) is 13.1. The second kappa shape index (κ2) is 5.73. The van der Waals surface area contributed by atoms with E-state index in [1.807, 2.05) is 7.05 Å². The van der Waals surface area contributed by atoms with Crippen LogP contribution in [0.15, 0.2) is 18.2 Å². The molecule has 5 heteroatoms. The van der Waals surface area contributed by atoms with Crippen molar-refractivity contribution in [1.82, 2.24) is 10.2 Å². The summed E-state index contributed by atoms with van der Waals surface area (Å²) in [5, 5.41) is 13.0. The Hall–Kier alpha value is -1.04. The van der Waals surface area contributed by atoms with E-state index in [1.54, 1.807) is 0 Å².